The number of aromatic nitrogens is 2. The maximum absolute atomic E-state index is 13.6. The van der Waals surface area contributed by atoms with Crippen LogP contribution in [0.4, 0.5) is 4.39 Å². The van der Waals surface area contributed by atoms with E-state index in [1.807, 2.05) is 6.07 Å². The molecule has 0 bridgehead atoms. The van der Waals surface area contributed by atoms with Gasteiger partial charge >= 0.3 is 0 Å². The van der Waals surface area contributed by atoms with Crippen molar-refractivity contribution >= 4 is 22.7 Å². The Morgan fingerprint density at radius 2 is 2.00 bits per heavy atom. The fourth-order valence-corrected chi connectivity index (χ4v) is 5.03. The van der Waals surface area contributed by atoms with E-state index < -0.39 is 0 Å². The van der Waals surface area contributed by atoms with Crippen LogP contribution in [0.1, 0.15) is 37.7 Å². The van der Waals surface area contributed by atoms with Gasteiger partial charge in [-0.25, -0.2) is 9.37 Å². The van der Waals surface area contributed by atoms with Crippen molar-refractivity contribution in [2.45, 2.75) is 49.6 Å². The van der Waals surface area contributed by atoms with Crippen LogP contribution in [0.3, 0.4) is 0 Å². The van der Waals surface area contributed by atoms with E-state index in [2.05, 4.69) is 6.08 Å². The van der Waals surface area contributed by atoms with Crippen molar-refractivity contribution in [1.29, 1.82) is 0 Å². The van der Waals surface area contributed by atoms with E-state index in [1.165, 1.54) is 42.3 Å². The van der Waals surface area contributed by atoms with Crippen molar-refractivity contribution in [3.8, 4) is 11.5 Å². The van der Waals surface area contributed by atoms with Gasteiger partial charge in [-0.2, -0.15) is 0 Å². The third kappa shape index (κ3) is 4.32. The average Bonchev–Trinajstić information content (AvgIpc) is 3.24. The lowest BCUT2D eigenvalue weighted by Crippen LogP contribution is -2.24. The molecule has 5 nitrogen and oxygen atoms in total. The van der Waals surface area contributed by atoms with E-state index in [4.69, 9.17) is 14.5 Å². The SMILES string of the molecule is O=c1c2cc3c(cc2nc(SCc2cccc(F)c2)n1CCC1=CCCCC1)OCO3. The first kappa shape index (κ1) is 20.1. The molecule has 0 atom stereocenters. The minimum Gasteiger partial charge on any atom is -0.454 e. The van der Waals surface area contributed by atoms with Crippen molar-refractivity contribution in [2.75, 3.05) is 6.79 Å². The zero-order chi connectivity index (χ0) is 21.2. The molecule has 0 unspecified atom stereocenters. The molecule has 0 saturated heterocycles. The van der Waals surface area contributed by atoms with Gasteiger partial charge in [-0.15, -0.1) is 0 Å². The van der Waals surface area contributed by atoms with Crippen molar-refractivity contribution in [3.63, 3.8) is 0 Å². The molecule has 2 aliphatic rings. The Labute approximate surface area is 183 Å². The first-order valence-electron chi connectivity index (χ1n) is 10.6. The molecule has 0 fully saturated rings. The van der Waals surface area contributed by atoms with Crippen LogP contribution >= 0.6 is 11.8 Å². The molecule has 2 heterocycles. The number of ether oxygens (including phenoxy) is 2. The summed E-state index contributed by atoms with van der Waals surface area (Å²) in [5.41, 5.74) is 2.77. The maximum Gasteiger partial charge on any atom is 0.262 e. The van der Waals surface area contributed by atoms with Gasteiger partial charge in [0.2, 0.25) is 6.79 Å². The van der Waals surface area contributed by atoms with Crippen LogP contribution in [0.5, 0.6) is 11.5 Å². The third-order valence-electron chi connectivity index (χ3n) is 5.71. The highest BCUT2D eigenvalue weighted by molar-refractivity contribution is 7.98. The summed E-state index contributed by atoms with van der Waals surface area (Å²) in [5.74, 6) is 1.45. The summed E-state index contributed by atoms with van der Waals surface area (Å²) in [4.78, 5) is 18.2. The van der Waals surface area contributed by atoms with Gasteiger partial charge in [0.15, 0.2) is 16.7 Å². The molecule has 160 valence electrons. The standard InChI is InChI=1S/C24H23FN2O3S/c25-18-8-4-7-17(11-18)14-31-24-26-20-13-22-21(29-15-30-22)12-19(20)23(28)27(24)10-9-16-5-2-1-3-6-16/h4-5,7-8,11-13H,1-3,6,9-10,14-15H2. The molecule has 7 heteroatoms. The van der Waals surface area contributed by atoms with Crippen molar-refractivity contribution in [3.05, 3.63) is 69.8 Å². The Morgan fingerprint density at radius 1 is 1.13 bits per heavy atom. The zero-order valence-corrected chi connectivity index (χ0v) is 17.9. The van der Waals surface area contributed by atoms with Crippen molar-refractivity contribution in [2.24, 2.45) is 0 Å². The second-order valence-electron chi connectivity index (χ2n) is 7.85. The number of rotatable bonds is 6. The molecule has 31 heavy (non-hydrogen) atoms. The molecule has 0 spiro atoms. The fourth-order valence-electron chi connectivity index (χ4n) is 4.06. The molecule has 0 radical (unpaired) electrons. The number of hydrogen-bond acceptors (Lipinski definition) is 5. The van der Waals surface area contributed by atoms with E-state index in [0.717, 1.165) is 24.8 Å². The molecule has 0 N–H and O–H groups in total. The van der Waals surface area contributed by atoms with Crippen LogP contribution in [0.2, 0.25) is 0 Å². The molecule has 1 aliphatic heterocycles. The molecule has 5 rings (SSSR count). The van der Waals surface area contributed by atoms with Gasteiger partial charge in [-0.05, 0) is 55.9 Å². The molecule has 2 aromatic carbocycles. The second kappa shape index (κ2) is 8.75. The number of allylic oxidation sites excluding steroid dienone is 2. The number of halogens is 1. The highest BCUT2D eigenvalue weighted by Crippen LogP contribution is 2.35. The summed E-state index contributed by atoms with van der Waals surface area (Å²) < 4.78 is 26.3. The van der Waals surface area contributed by atoms with Gasteiger partial charge < -0.3 is 9.47 Å². The molecule has 1 aliphatic carbocycles. The van der Waals surface area contributed by atoms with E-state index in [0.29, 0.717) is 39.9 Å². The van der Waals surface area contributed by atoms with Gasteiger partial charge in [-0.1, -0.05) is 35.5 Å². The number of nitrogens with zero attached hydrogens (tertiary/aromatic N) is 2. The van der Waals surface area contributed by atoms with Crippen LogP contribution < -0.4 is 15.0 Å². The van der Waals surface area contributed by atoms with E-state index in [-0.39, 0.29) is 18.2 Å². The van der Waals surface area contributed by atoms with Crippen molar-refractivity contribution in [1.82, 2.24) is 9.55 Å². The summed E-state index contributed by atoms with van der Waals surface area (Å²) in [6.45, 7) is 0.725. The quantitative estimate of drug-likeness (QED) is 0.291. The highest BCUT2D eigenvalue weighted by atomic mass is 32.2. The summed E-state index contributed by atoms with van der Waals surface area (Å²) in [5, 5.41) is 1.16. The minimum absolute atomic E-state index is 0.0820. The largest absolute Gasteiger partial charge is 0.454 e. The smallest absolute Gasteiger partial charge is 0.262 e. The Kier molecular flexibility index (Phi) is 5.68. The fraction of sp³-hybridized carbons (Fsp3) is 0.333. The lowest BCUT2D eigenvalue weighted by atomic mass is 9.97. The molecule has 0 saturated carbocycles. The molecule has 3 aromatic rings. The van der Waals surface area contributed by atoms with Gasteiger partial charge in [0, 0.05) is 18.4 Å². The third-order valence-corrected chi connectivity index (χ3v) is 6.76. The van der Waals surface area contributed by atoms with E-state index >= 15 is 0 Å². The van der Waals surface area contributed by atoms with Gasteiger partial charge in [-0.3, -0.25) is 9.36 Å². The number of benzene rings is 2. The molecular weight excluding hydrogens is 415 g/mol. The zero-order valence-electron chi connectivity index (χ0n) is 17.1. The molecular formula is C24H23FN2O3S. The van der Waals surface area contributed by atoms with E-state index in [1.54, 1.807) is 22.8 Å². The van der Waals surface area contributed by atoms with Crippen LogP contribution in [0.25, 0.3) is 10.9 Å². The summed E-state index contributed by atoms with van der Waals surface area (Å²) in [7, 11) is 0. The maximum atomic E-state index is 13.6. The normalized spacial score (nSPS) is 15.3. The lowest BCUT2D eigenvalue weighted by Gasteiger charge is -2.16. The first-order valence-corrected chi connectivity index (χ1v) is 11.6. The Balaban J connectivity index is 1.51. The topological polar surface area (TPSA) is 53.4 Å². The highest BCUT2D eigenvalue weighted by Gasteiger charge is 2.19. The molecule has 0 amide bonds. The minimum atomic E-state index is -0.265. The van der Waals surface area contributed by atoms with E-state index in [9.17, 15) is 9.18 Å². The monoisotopic (exact) mass is 438 g/mol. The van der Waals surface area contributed by atoms with Crippen molar-refractivity contribution < 1.29 is 13.9 Å². The second-order valence-corrected chi connectivity index (χ2v) is 8.79. The predicted molar refractivity (Wildman–Crippen MR) is 119 cm³/mol. The number of thioether (sulfide) groups is 1. The molecule has 1 aromatic heterocycles. The lowest BCUT2D eigenvalue weighted by molar-refractivity contribution is 0.174. The Bertz CT molecular complexity index is 1220. The summed E-state index contributed by atoms with van der Waals surface area (Å²) >= 11 is 1.45. The van der Waals surface area contributed by atoms with Crippen LogP contribution in [-0.4, -0.2) is 16.3 Å². The van der Waals surface area contributed by atoms with Crippen LogP contribution in [0, 0.1) is 5.82 Å². The van der Waals surface area contributed by atoms with Gasteiger partial charge in [0.25, 0.3) is 5.56 Å². The van der Waals surface area contributed by atoms with Crippen LogP contribution in [-0.2, 0) is 12.3 Å². The number of hydrogen-bond donors (Lipinski definition) is 0. The van der Waals surface area contributed by atoms with Crippen LogP contribution in [0.15, 0.2) is 58.0 Å². The average molecular weight is 439 g/mol. The Morgan fingerprint density at radius 3 is 2.81 bits per heavy atom. The summed E-state index contributed by atoms with van der Waals surface area (Å²) in [6.07, 6.45) is 7.81. The first-order chi connectivity index (χ1) is 15.2. The Hall–Kier alpha value is -2.80. The van der Waals surface area contributed by atoms with Gasteiger partial charge in [0.1, 0.15) is 5.82 Å². The van der Waals surface area contributed by atoms with Gasteiger partial charge in [0.05, 0.1) is 10.9 Å². The summed E-state index contributed by atoms with van der Waals surface area (Å²) in [6, 6.07) is 10.0. The predicted octanol–water partition coefficient (Wildman–Crippen LogP) is 5.45. The number of fused-ring (bicyclic) bond motifs is 2.